The standard InChI is InChI=1S/C29H19Br2N3O3/c30-18-12-13-22-20(15-18)26(17-7-2-1-3-8-17)27(28(35)32-22)23-16-24(25-11-6-14-37-25)34(33-23)29(36)19-9-4-5-10-21(19)31/h1-15,24H,16H2,(H,32,35). The van der Waals surface area contributed by atoms with E-state index < -0.39 is 6.04 Å². The van der Waals surface area contributed by atoms with Gasteiger partial charge in [0.05, 0.1) is 23.1 Å². The number of benzene rings is 3. The Hall–Kier alpha value is -3.75. The van der Waals surface area contributed by atoms with Crippen molar-refractivity contribution in [3.05, 3.63) is 127 Å². The van der Waals surface area contributed by atoms with Gasteiger partial charge in [-0.3, -0.25) is 9.59 Å². The van der Waals surface area contributed by atoms with E-state index in [1.165, 1.54) is 5.01 Å². The Morgan fingerprint density at radius 3 is 2.49 bits per heavy atom. The first-order valence-electron chi connectivity index (χ1n) is 11.6. The van der Waals surface area contributed by atoms with E-state index >= 15 is 0 Å². The number of H-pyrrole nitrogens is 1. The van der Waals surface area contributed by atoms with Crippen LogP contribution in [0.3, 0.4) is 0 Å². The van der Waals surface area contributed by atoms with Gasteiger partial charge in [-0.15, -0.1) is 0 Å². The molecule has 6 nitrogen and oxygen atoms in total. The largest absolute Gasteiger partial charge is 0.467 e. The van der Waals surface area contributed by atoms with E-state index in [9.17, 15) is 9.59 Å². The summed E-state index contributed by atoms with van der Waals surface area (Å²) < 4.78 is 7.27. The Morgan fingerprint density at radius 1 is 0.946 bits per heavy atom. The maximum atomic E-state index is 13.7. The SMILES string of the molecule is O=C(c1ccccc1Br)N1N=C(c2c(-c3ccccc3)c3cc(Br)ccc3[nH]c2=O)CC1c1ccco1. The Kier molecular flexibility index (Phi) is 6.14. The van der Waals surface area contributed by atoms with E-state index in [4.69, 9.17) is 9.52 Å². The molecule has 0 fully saturated rings. The van der Waals surface area contributed by atoms with Gasteiger partial charge >= 0.3 is 0 Å². The number of nitrogens with one attached hydrogen (secondary N) is 1. The number of amides is 1. The van der Waals surface area contributed by atoms with Gasteiger partial charge in [0.1, 0.15) is 11.8 Å². The molecule has 3 aromatic carbocycles. The number of hydrogen-bond donors (Lipinski definition) is 1. The zero-order valence-electron chi connectivity index (χ0n) is 19.3. The number of furan rings is 1. The molecule has 1 aliphatic heterocycles. The van der Waals surface area contributed by atoms with Crippen LogP contribution in [0.25, 0.3) is 22.0 Å². The molecule has 1 unspecified atom stereocenters. The van der Waals surface area contributed by atoms with Crippen molar-refractivity contribution in [2.24, 2.45) is 5.10 Å². The fourth-order valence-electron chi connectivity index (χ4n) is 4.75. The molecule has 1 atom stereocenters. The van der Waals surface area contributed by atoms with E-state index in [0.29, 0.717) is 33.5 Å². The van der Waals surface area contributed by atoms with Gasteiger partial charge in [-0.05, 0) is 64.0 Å². The van der Waals surface area contributed by atoms with Crippen molar-refractivity contribution >= 4 is 54.4 Å². The summed E-state index contributed by atoms with van der Waals surface area (Å²) >= 11 is 7.05. The molecule has 0 spiro atoms. The highest BCUT2D eigenvalue weighted by atomic mass is 79.9. The number of halogens is 2. The second-order valence-electron chi connectivity index (χ2n) is 8.67. The van der Waals surface area contributed by atoms with E-state index in [-0.39, 0.29) is 11.5 Å². The third-order valence-electron chi connectivity index (χ3n) is 6.42. The average Bonchev–Trinajstić information content (AvgIpc) is 3.59. The number of carbonyl (C=O) groups is 1. The minimum Gasteiger partial charge on any atom is -0.467 e. The quantitative estimate of drug-likeness (QED) is 0.230. The van der Waals surface area contributed by atoms with Gasteiger partial charge in [0.15, 0.2) is 0 Å². The van der Waals surface area contributed by atoms with Crippen LogP contribution in [-0.2, 0) is 0 Å². The first-order chi connectivity index (χ1) is 18.0. The summed E-state index contributed by atoms with van der Waals surface area (Å²) in [7, 11) is 0. The summed E-state index contributed by atoms with van der Waals surface area (Å²) in [5, 5.41) is 7.08. The van der Waals surface area contributed by atoms with Gasteiger partial charge in [0, 0.05) is 31.8 Å². The molecule has 37 heavy (non-hydrogen) atoms. The van der Waals surface area contributed by atoms with Gasteiger partial charge in [-0.25, -0.2) is 5.01 Å². The zero-order chi connectivity index (χ0) is 25.5. The summed E-state index contributed by atoms with van der Waals surface area (Å²) in [5.74, 6) is 0.311. The number of rotatable bonds is 4. The maximum Gasteiger partial charge on any atom is 0.275 e. The van der Waals surface area contributed by atoms with E-state index in [2.05, 4.69) is 36.8 Å². The molecular formula is C29H19Br2N3O3. The number of carbonyl (C=O) groups excluding carboxylic acids is 1. The number of hydrogen-bond acceptors (Lipinski definition) is 4. The smallest absolute Gasteiger partial charge is 0.275 e. The molecule has 0 bridgehead atoms. The normalized spacial score (nSPS) is 15.2. The third-order valence-corrected chi connectivity index (χ3v) is 7.61. The van der Waals surface area contributed by atoms with Crippen LogP contribution in [0.5, 0.6) is 0 Å². The Balaban J connectivity index is 1.58. The fraction of sp³-hybridized carbons (Fsp3) is 0.0690. The lowest BCUT2D eigenvalue weighted by Crippen LogP contribution is -2.27. The summed E-state index contributed by atoms with van der Waals surface area (Å²) in [6.45, 7) is 0. The van der Waals surface area contributed by atoms with Gasteiger partial charge < -0.3 is 9.40 Å². The topological polar surface area (TPSA) is 78.7 Å². The predicted octanol–water partition coefficient (Wildman–Crippen LogP) is 7.30. The molecule has 1 aliphatic rings. The molecule has 0 saturated heterocycles. The molecule has 0 aliphatic carbocycles. The second-order valence-corrected chi connectivity index (χ2v) is 10.4. The van der Waals surface area contributed by atoms with E-state index in [1.54, 1.807) is 24.5 Å². The monoisotopic (exact) mass is 615 g/mol. The Morgan fingerprint density at radius 2 is 1.73 bits per heavy atom. The molecule has 5 aromatic rings. The molecule has 8 heteroatoms. The summed E-state index contributed by atoms with van der Waals surface area (Å²) in [6.07, 6.45) is 1.90. The van der Waals surface area contributed by atoms with Crippen LogP contribution in [0.4, 0.5) is 0 Å². The lowest BCUT2D eigenvalue weighted by Gasteiger charge is -2.20. The van der Waals surface area contributed by atoms with Crippen molar-refractivity contribution in [1.29, 1.82) is 0 Å². The second kappa shape index (κ2) is 9.61. The molecule has 1 amide bonds. The molecule has 0 saturated carbocycles. The van der Waals surface area contributed by atoms with Gasteiger partial charge in [-0.1, -0.05) is 58.4 Å². The molecule has 1 N–H and O–H groups in total. The lowest BCUT2D eigenvalue weighted by molar-refractivity contribution is 0.0692. The molecule has 3 heterocycles. The number of aromatic nitrogens is 1. The predicted molar refractivity (Wildman–Crippen MR) is 151 cm³/mol. The summed E-state index contributed by atoms with van der Waals surface area (Å²) in [4.78, 5) is 30.3. The van der Waals surface area contributed by atoms with Crippen molar-refractivity contribution in [2.45, 2.75) is 12.5 Å². The minimum absolute atomic E-state index is 0.263. The van der Waals surface area contributed by atoms with Crippen LogP contribution in [-0.4, -0.2) is 21.6 Å². The van der Waals surface area contributed by atoms with Crippen LogP contribution in [0.2, 0.25) is 0 Å². The maximum absolute atomic E-state index is 13.7. The number of pyridine rings is 1. The highest BCUT2D eigenvalue weighted by Crippen LogP contribution is 2.38. The molecule has 2 aromatic heterocycles. The van der Waals surface area contributed by atoms with Gasteiger partial charge in [-0.2, -0.15) is 5.10 Å². The zero-order valence-corrected chi connectivity index (χ0v) is 22.5. The lowest BCUT2D eigenvalue weighted by atomic mass is 9.92. The number of fused-ring (bicyclic) bond motifs is 1. The Labute approximate surface area is 228 Å². The minimum atomic E-state index is -0.495. The van der Waals surface area contributed by atoms with Gasteiger partial charge in [0.25, 0.3) is 11.5 Å². The van der Waals surface area contributed by atoms with Crippen LogP contribution >= 0.6 is 31.9 Å². The number of aromatic amines is 1. The molecule has 6 rings (SSSR count). The van der Waals surface area contributed by atoms with Crippen molar-refractivity contribution in [2.75, 3.05) is 0 Å². The van der Waals surface area contributed by atoms with E-state index in [1.807, 2.05) is 66.7 Å². The van der Waals surface area contributed by atoms with Gasteiger partial charge in [0.2, 0.25) is 0 Å². The summed E-state index contributed by atoms with van der Waals surface area (Å²) in [5.41, 5.74) is 3.55. The van der Waals surface area contributed by atoms with E-state index in [0.717, 1.165) is 26.5 Å². The van der Waals surface area contributed by atoms with Crippen molar-refractivity contribution in [1.82, 2.24) is 9.99 Å². The van der Waals surface area contributed by atoms with Crippen LogP contribution in [0, 0.1) is 0 Å². The first kappa shape index (κ1) is 23.6. The molecular weight excluding hydrogens is 598 g/mol. The highest BCUT2D eigenvalue weighted by Gasteiger charge is 2.37. The summed E-state index contributed by atoms with van der Waals surface area (Å²) in [6, 6.07) is 25.8. The molecule has 182 valence electrons. The number of nitrogens with zero attached hydrogens (tertiary/aromatic N) is 2. The van der Waals surface area contributed by atoms with Crippen molar-refractivity contribution < 1.29 is 9.21 Å². The Bertz CT molecular complexity index is 1730. The van der Waals surface area contributed by atoms with Crippen molar-refractivity contribution in [3.63, 3.8) is 0 Å². The van der Waals surface area contributed by atoms with Crippen LogP contribution in [0.1, 0.15) is 34.1 Å². The fourth-order valence-corrected chi connectivity index (χ4v) is 5.57. The number of hydrazone groups is 1. The molecule has 0 radical (unpaired) electrons. The van der Waals surface area contributed by atoms with Crippen LogP contribution < -0.4 is 5.56 Å². The third kappa shape index (κ3) is 4.26. The van der Waals surface area contributed by atoms with Crippen molar-refractivity contribution in [3.8, 4) is 11.1 Å². The highest BCUT2D eigenvalue weighted by molar-refractivity contribution is 9.10. The van der Waals surface area contributed by atoms with Crippen LogP contribution in [0.15, 0.2) is 114 Å². The average molecular weight is 617 g/mol. The first-order valence-corrected chi connectivity index (χ1v) is 13.2.